The van der Waals surface area contributed by atoms with Crippen molar-refractivity contribution in [2.24, 2.45) is 5.92 Å². The molecule has 0 aromatic carbocycles. The Labute approximate surface area is 124 Å². The molecule has 0 bridgehead atoms. The van der Waals surface area contributed by atoms with E-state index in [1.54, 1.807) is 0 Å². The summed E-state index contributed by atoms with van der Waals surface area (Å²) < 4.78 is 0. The summed E-state index contributed by atoms with van der Waals surface area (Å²) in [6, 6.07) is 0. The largest absolute Gasteiger partial charge is 0.396 e. The Bertz CT molecular complexity index is 449. The molecule has 0 aliphatic carbocycles. The maximum Gasteiger partial charge on any atom is 0.222 e. The lowest BCUT2D eigenvalue weighted by molar-refractivity contribution is 0.134. The van der Waals surface area contributed by atoms with Crippen LogP contribution in [0.5, 0.6) is 0 Å². The minimum absolute atomic E-state index is 0.234. The Morgan fingerprint density at radius 1 is 1.40 bits per heavy atom. The summed E-state index contributed by atoms with van der Waals surface area (Å²) in [6.07, 6.45) is 2.13. The summed E-state index contributed by atoms with van der Waals surface area (Å²) in [4.78, 5) is 10.5. The molecule has 2 rings (SSSR count). The van der Waals surface area contributed by atoms with Crippen LogP contribution in [-0.4, -0.2) is 52.8 Å². The van der Waals surface area contributed by atoms with Gasteiger partial charge in [0.05, 0.1) is 5.69 Å². The van der Waals surface area contributed by atoms with Crippen molar-refractivity contribution in [1.82, 2.24) is 14.9 Å². The van der Waals surface area contributed by atoms with Crippen molar-refractivity contribution in [2.45, 2.75) is 19.8 Å². The third kappa shape index (κ3) is 3.94. The molecule has 112 valence electrons. The molecule has 1 aromatic heterocycles. The van der Waals surface area contributed by atoms with Gasteiger partial charge in [-0.2, -0.15) is 4.98 Å². The molecule has 1 aromatic rings. The number of aryl methyl sites for hydroxylation is 1. The molecule has 6 nitrogen and oxygen atoms in total. The zero-order chi connectivity index (χ0) is 14.5. The van der Waals surface area contributed by atoms with Crippen molar-refractivity contribution in [2.75, 3.05) is 43.8 Å². The molecule has 0 spiro atoms. The highest BCUT2D eigenvalue weighted by atomic mass is 35.5. The average Bonchev–Trinajstić information content (AvgIpc) is 2.44. The molecule has 4 N–H and O–H groups in total. The van der Waals surface area contributed by atoms with Crippen LogP contribution in [0.25, 0.3) is 0 Å². The van der Waals surface area contributed by atoms with Gasteiger partial charge in [-0.25, -0.2) is 4.98 Å². The van der Waals surface area contributed by atoms with Gasteiger partial charge < -0.3 is 21.1 Å². The molecular weight excluding hydrogens is 278 g/mol. The van der Waals surface area contributed by atoms with Crippen LogP contribution >= 0.6 is 11.6 Å². The van der Waals surface area contributed by atoms with Gasteiger partial charge in [-0.1, -0.05) is 11.6 Å². The number of aliphatic hydroxyl groups excluding tert-OH is 1. The van der Waals surface area contributed by atoms with Crippen LogP contribution in [-0.2, 0) is 0 Å². The zero-order valence-corrected chi connectivity index (χ0v) is 12.5. The van der Waals surface area contributed by atoms with Crippen molar-refractivity contribution in [1.29, 1.82) is 0 Å². The lowest BCUT2D eigenvalue weighted by atomic mass is 9.98. The predicted octanol–water partition coefficient (Wildman–Crippen LogP) is 1.14. The first-order valence-corrected chi connectivity index (χ1v) is 7.34. The number of aromatic nitrogens is 2. The Morgan fingerprint density at radius 2 is 2.10 bits per heavy atom. The van der Waals surface area contributed by atoms with Gasteiger partial charge in [0.1, 0.15) is 5.02 Å². The zero-order valence-electron chi connectivity index (χ0n) is 11.8. The second-order valence-electron chi connectivity index (χ2n) is 5.22. The van der Waals surface area contributed by atoms with E-state index in [0.717, 1.165) is 39.0 Å². The summed E-state index contributed by atoms with van der Waals surface area (Å²) in [7, 11) is 0. The summed E-state index contributed by atoms with van der Waals surface area (Å²) in [6.45, 7) is 5.88. The van der Waals surface area contributed by atoms with E-state index in [9.17, 15) is 0 Å². The summed E-state index contributed by atoms with van der Waals surface area (Å²) in [5.41, 5.74) is 6.30. The number of likely N-dealkylation sites (tertiary alicyclic amines) is 1. The fourth-order valence-electron chi connectivity index (χ4n) is 2.42. The van der Waals surface area contributed by atoms with Crippen LogP contribution in [0.4, 0.5) is 11.8 Å². The van der Waals surface area contributed by atoms with Gasteiger partial charge in [0.2, 0.25) is 5.95 Å². The molecule has 0 saturated carbocycles. The van der Waals surface area contributed by atoms with E-state index >= 15 is 0 Å². The molecule has 1 aliphatic rings. The van der Waals surface area contributed by atoms with Crippen LogP contribution in [0.3, 0.4) is 0 Å². The summed E-state index contributed by atoms with van der Waals surface area (Å²) >= 11 is 6.14. The second-order valence-corrected chi connectivity index (χ2v) is 5.60. The molecule has 0 atom stereocenters. The fourth-order valence-corrected chi connectivity index (χ4v) is 2.57. The van der Waals surface area contributed by atoms with E-state index < -0.39 is 0 Å². The number of nitrogens with two attached hydrogens (primary N) is 1. The van der Waals surface area contributed by atoms with Gasteiger partial charge in [0.25, 0.3) is 0 Å². The van der Waals surface area contributed by atoms with Crippen LogP contribution in [0.2, 0.25) is 5.02 Å². The molecule has 0 amide bonds. The van der Waals surface area contributed by atoms with Crippen molar-refractivity contribution >= 4 is 23.4 Å². The number of rotatable bonds is 5. The molecular formula is C13H22ClN5O. The number of halogens is 1. The number of piperidine rings is 1. The monoisotopic (exact) mass is 299 g/mol. The van der Waals surface area contributed by atoms with Crippen LogP contribution in [0.15, 0.2) is 0 Å². The Balaban J connectivity index is 1.79. The highest BCUT2D eigenvalue weighted by molar-refractivity contribution is 6.33. The van der Waals surface area contributed by atoms with Gasteiger partial charge in [-0.15, -0.1) is 0 Å². The van der Waals surface area contributed by atoms with Gasteiger partial charge in [-0.3, -0.25) is 0 Å². The quantitative estimate of drug-likeness (QED) is 0.756. The number of nitrogen functional groups attached to an aromatic ring is 1. The highest BCUT2D eigenvalue weighted by Crippen LogP contribution is 2.22. The van der Waals surface area contributed by atoms with E-state index in [4.69, 9.17) is 22.4 Å². The molecule has 2 heterocycles. The third-order valence-electron chi connectivity index (χ3n) is 3.72. The predicted molar refractivity (Wildman–Crippen MR) is 80.9 cm³/mol. The first kappa shape index (κ1) is 15.3. The van der Waals surface area contributed by atoms with E-state index in [0.29, 0.717) is 29.1 Å². The van der Waals surface area contributed by atoms with E-state index in [-0.39, 0.29) is 5.95 Å². The number of aliphatic hydroxyl groups is 1. The van der Waals surface area contributed by atoms with Crippen LogP contribution < -0.4 is 11.1 Å². The number of hydrogen-bond donors (Lipinski definition) is 3. The Kier molecular flexibility index (Phi) is 5.39. The Morgan fingerprint density at radius 3 is 2.75 bits per heavy atom. The first-order valence-electron chi connectivity index (χ1n) is 6.97. The molecule has 0 radical (unpaired) electrons. The molecule has 1 saturated heterocycles. The number of hydrogen-bond acceptors (Lipinski definition) is 6. The average molecular weight is 300 g/mol. The number of anilines is 2. The van der Waals surface area contributed by atoms with E-state index in [2.05, 4.69) is 20.2 Å². The normalized spacial score (nSPS) is 17.4. The lowest BCUT2D eigenvalue weighted by Crippen LogP contribution is -2.37. The topological polar surface area (TPSA) is 87.3 Å². The smallest absolute Gasteiger partial charge is 0.222 e. The third-order valence-corrected chi connectivity index (χ3v) is 4.17. The van der Waals surface area contributed by atoms with Crippen molar-refractivity contribution in [3.05, 3.63) is 10.7 Å². The first-order chi connectivity index (χ1) is 9.60. The molecule has 7 heteroatoms. The van der Waals surface area contributed by atoms with Crippen molar-refractivity contribution < 1.29 is 5.11 Å². The maximum absolute atomic E-state index is 9.11. The van der Waals surface area contributed by atoms with Crippen molar-refractivity contribution in [3.8, 4) is 0 Å². The van der Waals surface area contributed by atoms with Crippen molar-refractivity contribution in [3.63, 3.8) is 0 Å². The molecule has 1 fully saturated rings. The van der Waals surface area contributed by atoms with E-state index in [1.807, 2.05) is 6.92 Å². The minimum Gasteiger partial charge on any atom is -0.396 e. The van der Waals surface area contributed by atoms with Crippen LogP contribution in [0, 0.1) is 12.8 Å². The summed E-state index contributed by atoms with van der Waals surface area (Å²) in [5, 5.41) is 12.9. The lowest BCUT2D eigenvalue weighted by Gasteiger charge is -2.31. The Hall–Kier alpha value is -1.11. The van der Waals surface area contributed by atoms with Crippen LogP contribution in [0.1, 0.15) is 18.5 Å². The minimum atomic E-state index is 0.234. The summed E-state index contributed by atoms with van der Waals surface area (Å²) in [5.74, 6) is 1.30. The molecule has 1 aliphatic heterocycles. The maximum atomic E-state index is 9.11. The van der Waals surface area contributed by atoms with Gasteiger partial charge >= 0.3 is 0 Å². The fraction of sp³-hybridized carbons (Fsp3) is 0.692. The van der Waals surface area contributed by atoms with Gasteiger partial charge in [-0.05, 0) is 38.8 Å². The van der Waals surface area contributed by atoms with Gasteiger partial charge in [0.15, 0.2) is 5.82 Å². The molecule has 20 heavy (non-hydrogen) atoms. The highest BCUT2D eigenvalue weighted by Gasteiger charge is 2.18. The molecule has 0 unspecified atom stereocenters. The second kappa shape index (κ2) is 7.06. The van der Waals surface area contributed by atoms with E-state index in [1.165, 1.54) is 0 Å². The SMILES string of the molecule is Cc1nc(N)nc(NCCN2CCC(CO)CC2)c1Cl. The standard InChI is InChI=1S/C13H22ClN5O/c1-9-11(14)12(18-13(15)17-9)16-4-7-19-5-2-10(8-20)3-6-19/h10,20H,2-8H2,1H3,(H3,15,16,17,18). The number of nitrogens with zero attached hydrogens (tertiary/aromatic N) is 3. The number of nitrogens with one attached hydrogen (secondary N) is 1. The van der Waals surface area contributed by atoms with Gasteiger partial charge in [0, 0.05) is 19.7 Å².